The zero-order valence-corrected chi connectivity index (χ0v) is 20.2. The molecule has 0 saturated heterocycles. The van der Waals surface area contributed by atoms with Gasteiger partial charge in [-0.1, -0.05) is 43.6 Å². The fourth-order valence-corrected chi connectivity index (χ4v) is 3.39. The Bertz CT molecular complexity index is 899. The summed E-state index contributed by atoms with van der Waals surface area (Å²) in [6.07, 6.45) is 1.02. The highest BCUT2D eigenvalue weighted by atomic mass is 35.5. The number of rotatable bonds is 11. The Labute approximate surface area is 195 Å². The number of carbonyl (C=O) groups is 2. The first-order valence-electron chi connectivity index (χ1n) is 10.8. The van der Waals surface area contributed by atoms with Gasteiger partial charge in [0.25, 0.3) is 0 Å². The molecular weight excluding hydrogens is 428 g/mol. The standard InChI is InChI=1S/C25H33ClN2O4/c1-17(2)12-13-27-25(30)18(3)28(16-19-6-9-21(26)10-7-19)24(29)15-20-8-11-22(31-4)23(14-20)32-5/h6-11,14,17-18H,12-13,15-16H2,1-5H3,(H,27,30)/t18-/m0/s1. The average molecular weight is 461 g/mol. The third-order valence-electron chi connectivity index (χ3n) is 5.26. The first-order chi connectivity index (χ1) is 15.2. The van der Waals surface area contributed by atoms with Crippen molar-refractivity contribution in [3.05, 3.63) is 58.6 Å². The van der Waals surface area contributed by atoms with E-state index >= 15 is 0 Å². The van der Waals surface area contributed by atoms with E-state index in [1.54, 1.807) is 50.3 Å². The number of amides is 2. The molecule has 0 aliphatic carbocycles. The maximum absolute atomic E-state index is 13.3. The van der Waals surface area contributed by atoms with Gasteiger partial charge in [-0.25, -0.2) is 0 Å². The van der Waals surface area contributed by atoms with Gasteiger partial charge in [0.05, 0.1) is 20.6 Å². The molecule has 2 aromatic rings. The number of benzene rings is 2. The van der Waals surface area contributed by atoms with Gasteiger partial charge in [0.2, 0.25) is 11.8 Å². The van der Waals surface area contributed by atoms with Crippen molar-refractivity contribution in [1.82, 2.24) is 10.2 Å². The van der Waals surface area contributed by atoms with Crippen LogP contribution in [0.2, 0.25) is 5.02 Å². The predicted octanol–water partition coefficient (Wildman–Crippen LogP) is 4.48. The van der Waals surface area contributed by atoms with Gasteiger partial charge in [0.1, 0.15) is 6.04 Å². The molecule has 6 nitrogen and oxygen atoms in total. The lowest BCUT2D eigenvalue weighted by atomic mass is 10.1. The van der Waals surface area contributed by atoms with E-state index in [0.29, 0.717) is 35.5 Å². The summed E-state index contributed by atoms with van der Waals surface area (Å²) in [5, 5.41) is 3.57. The largest absolute Gasteiger partial charge is 0.493 e. The van der Waals surface area contributed by atoms with Crippen LogP contribution in [0, 0.1) is 5.92 Å². The number of hydrogen-bond donors (Lipinski definition) is 1. The molecular formula is C25H33ClN2O4. The molecule has 2 rings (SSSR count). The zero-order chi connectivity index (χ0) is 23.7. The number of nitrogens with zero attached hydrogens (tertiary/aromatic N) is 1. The molecule has 2 amide bonds. The fraction of sp³-hybridized carbons (Fsp3) is 0.440. The van der Waals surface area contributed by atoms with Gasteiger partial charge in [-0.15, -0.1) is 0 Å². The lowest BCUT2D eigenvalue weighted by molar-refractivity contribution is -0.140. The predicted molar refractivity (Wildman–Crippen MR) is 127 cm³/mol. The van der Waals surface area contributed by atoms with Crippen molar-refractivity contribution >= 4 is 23.4 Å². The van der Waals surface area contributed by atoms with Crippen LogP contribution >= 0.6 is 11.6 Å². The van der Waals surface area contributed by atoms with Crippen LogP contribution < -0.4 is 14.8 Å². The summed E-state index contributed by atoms with van der Waals surface area (Å²) >= 11 is 6.00. The molecule has 174 valence electrons. The molecule has 0 aliphatic rings. The molecule has 0 heterocycles. The van der Waals surface area contributed by atoms with E-state index in [2.05, 4.69) is 19.2 Å². The first kappa shape index (κ1) is 25.5. The van der Waals surface area contributed by atoms with Gasteiger partial charge in [0.15, 0.2) is 11.5 Å². The Balaban J connectivity index is 2.21. The maximum Gasteiger partial charge on any atom is 0.242 e. The van der Waals surface area contributed by atoms with Crippen molar-refractivity contribution in [3.63, 3.8) is 0 Å². The Kier molecular flexibility index (Phi) is 9.85. The van der Waals surface area contributed by atoms with E-state index in [-0.39, 0.29) is 18.2 Å². The molecule has 0 spiro atoms. The molecule has 0 unspecified atom stereocenters. The van der Waals surface area contributed by atoms with Crippen LogP contribution in [0.1, 0.15) is 38.3 Å². The third-order valence-corrected chi connectivity index (χ3v) is 5.51. The van der Waals surface area contributed by atoms with Crippen molar-refractivity contribution in [2.75, 3.05) is 20.8 Å². The lowest BCUT2D eigenvalue weighted by Gasteiger charge is -2.29. The number of methoxy groups -OCH3 is 2. The monoisotopic (exact) mass is 460 g/mol. The van der Waals surface area contributed by atoms with Crippen LogP contribution in [0.5, 0.6) is 11.5 Å². The van der Waals surface area contributed by atoms with E-state index in [1.165, 1.54) is 0 Å². The second-order valence-corrected chi connectivity index (χ2v) is 8.60. The van der Waals surface area contributed by atoms with Gasteiger partial charge < -0.3 is 19.7 Å². The van der Waals surface area contributed by atoms with Gasteiger partial charge in [-0.3, -0.25) is 9.59 Å². The second kappa shape index (κ2) is 12.3. The summed E-state index contributed by atoms with van der Waals surface area (Å²) in [7, 11) is 3.12. The Morgan fingerprint density at radius 1 is 0.969 bits per heavy atom. The topological polar surface area (TPSA) is 67.9 Å². The molecule has 0 saturated carbocycles. The third kappa shape index (κ3) is 7.45. The smallest absolute Gasteiger partial charge is 0.242 e. The number of nitrogens with one attached hydrogen (secondary N) is 1. The summed E-state index contributed by atoms with van der Waals surface area (Å²) in [5.41, 5.74) is 1.68. The Hall–Kier alpha value is -2.73. The first-order valence-corrected chi connectivity index (χ1v) is 11.2. The zero-order valence-electron chi connectivity index (χ0n) is 19.5. The van der Waals surface area contributed by atoms with Crippen LogP contribution in [-0.4, -0.2) is 43.5 Å². The molecule has 0 radical (unpaired) electrons. The molecule has 1 N–H and O–H groups in total. The lowest BCUT2D eigenvalue weighted by Crippen LogP contribution is -2.48. The molecule has 2 aromatic carbocycles. The fourth-order valence-electron chi connectivity index (χ4n) is 3.27. The van der Waals surface area contributed by atoms with Crippen LogP contribution in [-0.2, 0) is 22.6 Å². The van der Waals surface area contributed by atoms with Crippen molar-refractivity contribution in [2.24, 2.45) is 5.92 Å². The van der Waals surface area contributed by atoms with E-state index in [1.807, 2.05) is 18.2 Å². The molecule has 1 atom stereocenters. The van der Waals surface area contributed by atoms with Gasteiger partial charge in [-0.2, -0.15) is 0 Å². The van der Waals surface area contributed by atoms with E-state index < -0.39 is 6.04 Å². The minimum absolute atomic E-state index is 0.136. The second-order valence-electron chi connectivity index (χ2n) is 8.16. The molecule has 0 aromatic heterocycles. The molecule has 0 aliphatic heterocycles. The molecule has 32 heavy (non-hydrogen) atoms. The number of carbonyl (C=O) groups excluding carboxylic acids is 2. The maximum atomic E-state index is 13.3. The highest BCUT2D eigenvalue weighted by Gasteiger charge is 2.26. The summed E-state index contributed by atoms with van der Waals surface area (Å²) in [6, 6.07) is 12.0. The SMILES string of the molecule is COc1ccc(CC(=O)N(Cc2ccc(Cl)cc2)[C@@H](C)C(=O)NCCC(C)C)cc1OC. The molecule has 0 bridgehead atoms. The van der Waals surface area contributed by atoms with Crippen LogP contribution in [0.4, 0.5) is 0 Å². The van der Waals surface area contributed by atoms with Crippen molar-refractivity contribution in [2.45, 2.75) is 46.2 Å². The normalized spacial score (nSPS) is 11.7. The molecule has 7 heteroatoms. The Morgan fingerprint density at radius 2 is 1.59 bits per heavy atom. The molecule has 0 fully saturated rings. The van der Waals surface area contributed by atoms with E-state index in [9.17, 15) is 9.59 Å². The summed E-state index contributed by atoms with van der Waals surface area (Å²) in [6.45, 7) is 6.86. The number of halogens is 1. The quantitative estimate of drug-likeness (QED) is 0.536. The van der Waals surface area contributed by atoms with Crippen molar-refractivity contribution in [1.29, 1.82) is 0 Å². The van der Waals surface area contributed by atoms with Crippen LogP contribution in [0.3, 0.4) is 0 Å². The minimum atomic E-state index is -0.620. The van der Waals surface area contributed by atoms with E-state index in [0.717, 1.165) is 17.5 Å². The van der Waals surface area contributed by atoms with Crippen molar-refractivity contribution < 1.29 is 19.1 Å². The van der Waals surface area contributed by atoms with Gasteiger partial charge >= 0.3 is 0 Å². The summed E-state index contributed by atoms with van der Waals surface area (Å²) < 4.78 is 10.6. The minimum Gasteiger partial charge on any atom is -0.493 e. The Morgan fingerprint density at radius 3 is 2.19 bits per heavy atom. The van der Waals surface area contributed by atoms with Crippen LogP contribution in [0.15, 0.2) is 42.5 Å². The van der Waals surface area contributed by atoms with Crippen molar-refractivity contribution in [3.8, 4) is 11.5 Å². The van der Waals surface area contributed by atoms with Gasteiger partial charge in [-0.05, 0) is 54.7 Å². The van der Waals surface area contributed by atoms with E-state index in [4.69, 9.17) is 21.1 Å². The van der Waals surface area contributed by atoms with Crippen LogP contribution in [0.25, 0.3) is 0 Å². The highest BCUT2D eigenvalue weighted by molar-refractivity contribution is 6.30. The number of ether oxygens (including phenoxy) is 2. The summed E-state index contributed by atoms with van der Waals surface area (Å²) in [5.74, 6) is 1.32. The summed E-state index contributed by atoms with van der Waals surface area (Å²) in [4.78, 5) is 27.7. The van der Waals surface area contributed by atoms with Gasteiger partial charge in [0, 0.05) is 18.1 Å². The number of hydrogen-bond acceptors (Lipinski definition) is 4. The highest BCUT2D eigenvalue weighted by Crippen LogP contribution is 2.28. The average Bonchev–Trinajstić information content (AvgIpc) is 2.77.